The number of carbonyl (C=O) groups is 3. The molecule has 2 N–H and O–H groups in total. The fourth-order valence-electron chi connectivity index (χ4n) is 2.78. The SMILES string of the molecule is CC(=O)Nc1cccc(-c2cncc3cc(/C=C4\SC(=O)NC4=O)oc23)c1. The molecule has 3 heterocycles. The molecule has 27 heavy (non-hydrogen) atoms. The Balaban J connectivity index is 1.76. The Bertz CT molecular complexity index is 1130. The molecule has 0 saturated carbocycles. The van der Waals surface area contributed by atoms with Gasteiger partial charge in [0.15, 0.2) is 0 Å². The van der Waals surface area contributed by atoms with Gasteiger partial charge in [-0.2, -0.15) is 0 Å². The van der Waals surface area contributed by atoms with Gasteiger partial charge in [0.05, 0.1) is 4.91 Å². The zero-order valence-corrected chi connectivity index (χ0v) is 14.9. The van der Waals surface area contributed by atoms with Gasteiger partial charge in [-0.25, -0.2) is 0 Å². The molecule has 1 aliphatic rings. The molecular formula is C19H13N3O4S. The summed E-state index contributed by atoms with van der Waals surface area (Å²) in [4.78, 5) is 38.8. The number of furan rings is 1. The van der Waals surface area contributed by atoms with Crippen molar-refractivity contribution in [2.75, 3.05) is 5.32 Å². The fraction of sp³-hybridized carbons (Fsp3) is 0.0526. The van der Waals surface area contributed by atoms with Gasteiger partial charge in [-0.05, 0) is 35.5 Å². The maximum absolute atomic E-state index is 11.7. The van der Waals surface area contributed by atoms with Gasteiger partial charge in [0.2, 0.25) is 5.91 Å². The van der Waals surface area contributed by atoms with Crippen LogP contribution < -0.4 is 10.6 Å². The number of aromatic nitrogens is 1. The third kappa shape index (κ3) is 3.47. The van der Waals surface area contributed by atoms with Crippen molar-refractivity contribution in [3.8, 4) is 11.1 Å². The van der Waals surface area contributed by atoms with Crippen molar-refractivity contribution in [3.63, 3.8) is 0 Å². The summed E-state index contributed by atoms with van der Waals surface area (Å²) in [6, 6.07) is 9.10. The van der Waals surface area contributed by atoms with E-state index in [-0.39, 0.29) is 10.8 Å². The number of thioether (sulfide) groups is 1. The van der Waals surface area contributed by atoms with E-state index in [2.05, 4.69) is 15.6 Å². The van der Waals surface area contributed by atoms with Gasteiger partial charge < -0.3 is 9.73 Å². The van der Waals surface area contributed by atoms with Crippen molar-refractivity contribution in [2.24, 2.45) is 0 Å². The van der Waals surface area contributed by atoms with Gasteiger partial charge in [-0.1, -0.05) is 12.1 Å². The van der Waals surface area contributed by atoms with Crippen LogP contribution in [-0.2, 0) is 9.59 Å². The molecule has 0 spiro atoms. The molecule has 1 aliphatic heterocycles. The van der Waals surface area contributed by atoms with Crippen LogP contribution in [0.2, 0.25) is 0 Å². The quantitative estimate of drug-likeness (QED) is 0.672. The van der Waals surface area contributed by atoms with Gasteiger partial charge in [0.1, 0.15) is 11.3 Å². The summed E-state index contributed by atoms with van der Waals surface area (Å²) in [5.41, 5.74) is 2.86. The molecule has 1 fully saturated rings. The summed E-state index contributed by atoms with van der Waals surface area (Å²) in [7, 11) is 0. The molecule has 134 valence electrons. The van der Waals surface area contributed by atoms with Crippen molar-refractivity contribution in [3.05, 3.63) is 53.4 Å². The van der Waals surface area contributed by atoms with Gasteiger partial charge in [-0.15, -0.1) is 0 Å². The number of hydrogen-bond donors (Lipinski definition) is 2. The molecule has 1 aromatic carbocycles. The van der Waals surface area contributed by atoms with Crippen LogP contribution in [0.1, 0.15) is 12.7 Å². The lowest BCUT2D eigenvalue weighted by Crippen LogP contribution is -2.17. The number of benzene rings is 1. The Morgan fingerprint density at radius 3 is 2.85 bits per heavy atom. The summed E-state index contributed by atoms with van der Waals surface area (Å²) >= 11 is 0.832. The molecule has 3 amide bonds. The summed E-state index contributed by atoms with van der Waals surface area (Å²) in [5.74, 6) is -0.145. The number of fused-ring (bicyclic) bond motifs is 1. The van der Waals surface area contributed by atoms with E-state index in [0.717, 1.165) is 28.3 Å². The largest absolute Gasteiger partial charge is 0.456 e. The Hall–Kier alpha value is -3.39. The van der Waals surface area contributed by atoms with Crippen LogP contribution in [0, 0.1) is 0 Å². The zero-order valence-electron chi connectivity index (χ0n) is 14.1. The number of anilines is 1. The average molecular weight is 379 g/mol. The topological polar surface area (TPSA) is 101 Å². The average Bonchev–Trinajstić information content (AvgIpc) is 3.16. The van der Waals surface area contributed by atoms with Crippen LogP contribution in [0.4, 0.5) is 10.5 Å². The van der Waals surface area contributed by atoms with Crippen molar-refractivity contribution < 1.29 is 18.8 Å². The molecule has 1 saturated heterocycles. The van der Waals surface area contributed by atoms with Crippen LogP contribution in [-0.4, -0.2) is 22.0 Å². The highest BCUT2D eigenvalue weighted by Gasteiger charge is 2.25. The second-order valence-corrected chi connectivity index (χ2v) is 6.88. The zero-order chi connectivity index (χ0) is 19.0. The molecule has 0 unspecified atom stereocenters. The number of rotatable bonds is 3. The third-order valence-electron chi connectivity index (χ3n) is 3.85. The lowest BCUT2D eigenvalue weighted by atomic mass is 10.1. The fourth-order valence-corrected chi connectivity index (χ4v) is 3.44. The first-order valence-electron chi connectivity index (χ1n) is 8.00. The number of carbonyl (C=O) groups excluding carboxylic acids is 3. The predicted molar refractivity (Wildman–Crippen MR) is 103 cm³/mol. The predicted octanol–water partition coefficient (Wildman–Crippen LogP) is 3.78. The van der Waals surface area contributed by atoms with E-state index in [1.807, 2.05) is 18.2 Å². The monoisotopic (exact) mass is 379 g/mol. The van der Waals surface area contributed by atoms with Crippen molar-refractivity contribution in [1.29, 1.82) is 0 Å². The Morgan fingerprint density at radius 1 is 1.26 bits per heavy atom. The van der Waals surface area contributed by atoms with Crippen molar-refractivity contribution >= 4 is 51.5 Å². The highest BCUT2D eigenvalue weighted by Crippen LogP contribution is 2.33. The van der Waals surface area contributed by atoms with Crippen molar-refractivity contribution in [2.45, 2.75) is 6.92 Å². The maximum Gasteiger partial charge on any atom is 0.290 e. The molecule has 3 aromatic rings. The number of hydrogen-bond acceptors (Lipinski definition) is 6. The minimum Gasteiger partial charge on any atom is -0.456 e. The summed E-state index contributed by atoms with van der Waals surface area (Å²) in [6.45, 7) is 1.45. The second kappa shape index (κ2) is 6.73. The van der Waals surface area contributed by atoms with Crippen LogP contribution >= 0.6 is 11.8 Å². The van der Waals surface area contributed by atoms with Crippen molar-refractivity contribution in [1.82, 2.24) is 10.3 Å². The Labute approximate surface area is 157 Å². The number of nitrogens with zero attached hydrogens (tertiary/aromatic N) is 1. The van der Waals surface area contributed by atoms with Crippen LogP contribution in [0.5, 0.6) is 0 Å². The smallest absolute Gasteiger partial charge is 0.290 e. The maximum atomic E-state index is 11.7. The minimum atomic E-state index is -0.438. The molecule has 0 radical (unpaired) electrons. The normalized spacial score (nSPS) is 15.4. The molecule has 2 aromatic heterocycles. The molecule has 7 nitrogen and oxygen atoms in total. The van der Waals surface area contributed by atoms with E-state index in [1.165, 1.54) is 13.0 Å². The van der Waals surface area contributed by atoms with E-state index in [9.17, 15) is 14.4 Å². The first-order chi connectivity index (χ1) is 13.0. The summed E-state index contributed by atoms with van der Waals surface area (Å²) < 4.78 is 5.91. The molecule has 4 rings (SSSR count). The van der Waals surface area contributed by atoms with E-state index < -0.39 is 11.1 Å². The number of nitrogens with one attached hydrogen (secondary N) is 2. The highest BCUT2D eigenvalue weighted by atomic mass is 32.2. The molecule has 0 atom stereocenters. The minimum absolute atomic E-state index is 0.155. The summed E-state index contributed by atoms with van der Waals surface area (Å²) in [5, 5.41) is 5.31. The van der Waals surface area contributed by atoms with Gasteiger partial charge in [-0.3, -0.25) is 24.7 Å². The number of imide groups is 1. The first-order valence-corrected chi connectivity index (χ1v) is 8.82. The second-order valence-electron chi connectivity index (χ2n) is 5.87. The van der Waals surface area contributed by atoms with Gasteiger partial charge >= 0.3 is 0 Å². The standard InChI is InChI=1S/C19H13N3O4S/c1-10(23)21-13-4-2-3-11(5-13)15-9-20-8-12-6-14(26-17(12)15)7-16-18(24)22-19(25)27-16/h2-9H,1H3,(H,21,23)(H,22,24,25)/b16-7-. The first kappa shape index (κ1) is 17.0. The molecule has 8 heteroatoms. The highest BCUT2D eigenvalue weighted by molar-refractivity contribution is 8.18. The Kier molecular flexibility index (Phi) is 4.25. The molecule has 0 bridgehead atoms. The lowest BCUT2D eigenvalue weighted by Gasteiger charge is -2.06. The van der Waals surface area contributed by atoms with Crippen LogP contribution in [0.15, 0.2) is 52.0 Å². The van der Waals surface area contributed by atoms with E-state index in [0.29, 0.717) is 17.0 Å². The Morgan fingerprint density at radius 2 is 2.11 bits per heavy atom. The van der Waals surface area contributed by atoms with Gasteiger partial charge in [0.25, 0.3) is 11.1 Å². The number of pyridine rings is 1. The van der Waals surface area contributed by atoms with E-state index in [1.54, 1.807) is 24.5 Å². The lowest BCUT2D eigenvalue weighted by molar-refractivity contribution is -0.115. The van der Waals surface area contributed by atoms with Gasteiger partial charge in [0, 0.05) is 42.0 Å². The van der Waals surface area contributed by atoms with E-state index >= 15 is 0 Å². The number of amides is 3. The van der Waals surface area contributed by atoms with Crippen LogP contribution in [0.25, 0.3) is 28.2 Å². The van der Waals surface area contributed by atoms with E-state index in [4.69, 9.17) is 4.42 Å². The third-order valence-corrected chi connectivity index (χ3v) is 4.66. The molecule has 0 aliphatic carbocycles. The molecular weight excluding hydrogens is 366 g/mol. The summed E-state index contributed by atoms with van der Waals surface area (Å²) in [6.07, 6.45) is 4.87. The van der Waals surface area contributed by atoms with Crippen LogP contribution in [0.3, 0.4) is 0 Å².